The highest BCUT2D eigenvalue weighted by atomic mass is 32.1. The zero-order chi connectivity index (χ0) is 17.4. The number of hydrogen-bond donors (Lipinski definition) is 1. The topological polar surface area (TPSA) is 62.5 Å². The summed E-state index contributed by atoms with van der Waals surface area (Å²) in [6, 6.07) is 19.0. The third-order valence-electron chi connectivity index (χ3n) is 3.84. The summed E-state index contributed by atoms with van der Waals surface area (Å²) in [6.07, 6.45) is 0. The number of benzene rings is 3. The van der Waals surface area contributed by atoms with E-state index in [-0.39, 0.29) is 5.56 Å². The standard InChI is InChI=1S/C20H14N2O2S/c1-12-8-13(20(23)24)10-15(9-12)21-14-6-7-17-19(11-14)25-18-5-3-2-4-16(18)22-17/h2-11H,1H3,(H,23,24). The van der Waals surface area contributed by atoms with Crippen LogP contribution >= 0.6 is 11.3 Å². The smallest absolute Gasteiger partial charge is 0.335 e. The van der Waals surface area contributed by atoms with Gasteiger partial charge < -0.3 is 5.11 Å². The molecule has 0 fully saturated rings. The van der Waals surface area contributed by atoms with Crippen LogP contribution in [0, 0.1) is 6.92 Å². The summed E-state index contributed by atoms with van der Waals surface area (Å²) in [5.74, 6) is -0.948. The van der Waals surface area contributed by atoms with Crippen LogP contribution in [-0.4, -0.2) is 16.1 Å². The fraction of sp³-hybridized carbons (Fsp3) is 0.0500. The number of aromatic nitrogens is 1. The zero-order valence-electron chi connectivity index (χ0n) is 13.4. The summed E-state index contributed by atoms with van der Waals surface area (Å²) >= 11 is 1.67. The van der Waals surface area contributed by atoms with Crippen molar-refractivity contribution in [2.45, 2.75) is 6.92 Å². The van der Waals surface area contributed by atoms with Gasteiger partial charge in [0.1, 0.15) is 0 Å². The molecule has 4 nitrogen and oxygen atoms in total. The molecular weight excluding hydrogens is 332 g/mol. The highest BCUT2D eigenvalue weighted by Crippen LogP contribution is 2.29. The van der Waals surface area contributed by atoms with E-state index >= 15 is 0 Å². The summed E-state index contributed by atoms with van der Waals surface area (Å²) in [5, 5.41) is 9.97. The zero-order valence-corrected chi connectivity index (χ0v) is 14.2. The van der Waals surface area contributed by atoms with Gasteiger partial charge >= 0.3 is 5.97 Å². The monoisotopic (exact) mass is 346 g/mol. The lowest BCUT2D eigenvalue weighted by molar-refractivity contribution is 0.0697. The van der Waals surface area contributed by atoms with Gasteiger partial charge in [-0.2, -0.15) is 0 Å². The lowest BCUT2D eigenvalue weighted by Gasteiger charge is -2.06. The number of carboxylic acids is 1. The second-order valence-electron chi connectivity index (χ2n) is 5.81. The van der Waals surface area contributed by atoms with Crippen LogP contribution in [0.25, 0.3) is 20.8 Å². The van der Waals surface area contributed by atoms with Gasteiger partial charge in [0.15, 0.2) is 0 Å². The van der Waals surface area contributed by atoms with Gasteiger partial charge in [0.05, 0.1) is 37.4 Å². The van der Waals surface area contributed by atoms with Gasteiger partial charge in [0.25, 0.3) is 0 Å². The maximum absolute atomic E-state index is 11.2. The molecule has 1 aliphatic heterocycles. The molecular formula is C20H14N2O2S. The molecule has 4 rings (SSSR count). The van der Waals surface area contributed by atoms with Crippen molar-refractivity contribution in [2.75, 3.05) is 0 Å². The van der Waals surface area contributed by atoms with Gasteiger partial charge in [0, 0.05) is 0 Å². The SMILES string of the molecule is Cc1cc(N=c2ccc3nc4ccccc4sc-3c2)cc(C(=O)O)c1. The molecule has 0 bridgehead atoms. The summed E-state index contributed by atoms with van der Waals surface area (Å²) in [7, 11) is 0. The molecule has 1 aliphatic carbocycles. The lowest BCUT2D eigenvalue weighted by Crippen LogP contribution is -2.02. The van der Waals surface area contributed by atoms with Crippen molar-refractivity contribution in [3.8, 4) is 10.6 Å². The van der Waals surface area contributed by atoms with Crippen LogP contribution in [0.3, 0.4) is 0 Å². The molecule has 0 atom stereocenters. The number of carboxylic acid groups (broad SMARTS) is 1. The maximum Gasteiger partial charge on any atom is 0.335 e. The van der Waals surface area contributed by atoms with E-state index in [9.17, 15) is 9.90 Å². The Kier molecular flexibility index (Phi) is 3.78. The van der Waals surface area contributed by atoms with E-state index < -0.39 is 5.97 Å². The lowest BCUT2D eigenvalue weighted by atomic mass is 10.1. The second kappa shape index (κ2) is 6.11. The van der Waals surface area contributed by atoms with Crippen LogP contribution in [0.1, 0.15) is 15.9 Å². The highest BCUT2D eigenvalue weighted by molar-refractivity contribution is 7.21. The number of carbonyl (C=O) groups is 1. The Morgan fingerprint density at radius 1 is 1.08 bits per heavy atom. The van der Waals surface area contributed by atoms with Crippen LogP contribution in [-0.2, 0) is 0 Å². The number of aryl methyl sites for hydroxylation is 1. The van der Waals surface area contributed by atoms with Gasteiger partial charge in [-0.05, 0) is 61.0 Å². The Bertz CT molecular complexity index is 1150. The molecule has 0 saturated heterocycles. The molecule has 1 heterocycles. The largest absolute Gasteiger partial charge is 0.478 e. The van der Waals surface area contributed by atoms with Crippen LogP contribution in [0.5, 0.6) is 0 Å². The Morgan fingerprint density at radius 2 is 1.92 bits per heavy atom. The number of hydrogen-bond acceptors (Lipinski definition) is 4. The first-order valence-corrected chi connectivity index (χ1v) is 8.59. The molecule has 122 valence electrons. The van der Waals surface area contributed by atoms with Gasteiger partial charge in [-0.25, -0.2) is 14.8 Å². The van der Waals surface area contributed by atoms with Crippen molar-refractivity contribution in [2.24, 2.45) is 4.99 Å². The van der Waals surface area contributed by atoms with Gasteiger partial charge in [-0.15, -0.1) is 11.3 Å². The minimum absolute atomic E-state index is 0.245. The van der Waals surface area contributed by atoms with E-state index in [0.717, 1.165) is 31.7 Å². The van der Waals surface area contributed by atoms with E-state index in [2.05, 4.69) is 16.0 Å². The summed E-state index contributed by atoms with van der Waals surface area (Å²) in [6.45, 7) is 1.87. The molecule has 2 aromatic carbocycles. The van der Waals surface area contributed by atoms with E-state index in [0.29, 0.717) is 5.69 Å². The number of para-hydroxylation sites is 1. The van der Waals surface area contributed by atoms with Crippen molar-refractivity contribution < 1.29 is 9.90 Å². The number of aromatic carboxylic acids is 1. The predicted octanol–water partition coefficient (Wildman–Crippen LogP) is 4.64. The molecule has 0 spiro atoms. The Hall–Kier alpha value is -3.05. The Labute approximate surface area is 148 Å². The average molecular weight is 346 g/mol. The molecule has 0 aromatic heterocycles. The molecule has 0 unspecified atom stereocenters. The van der Waals surface area contributed by atoms with Crippen LogP contribution < -0.4 is 5.36 Å². The number of fused-ring (bicyclic) bond motifs is 2. The molecule has 0 radical (unpaired) electrons. The molecule has 2 aromatic rings. The Morgan fingerprint density at radius 3 is 2.76 bits per heavy atom. The van der Waals surface area contributed by atoms with Crippen molar-refractivity contribution >= 4 is 33.2 Å². The van der Waals surface area contributed by atoms with E-state index in [1.165, 1.54) is 0 Å². The number of rotatable bonds is 2. The fourth-order valence-electron chi connectivity index (χ4n) is 2.73. The summed E-state index contributed by atoms with van der Waals surface area (Å²) < 4.78 is 1.12. The van der Waals surface area contributed by atoms with Gasteiger partial charge in [-0.1, -0.05) is 12.1 Å². The van der Waals surface area contributed by atoms with Crippen molar-refractivity contribution in [3.63, 3.8) is 0 Å². The van der Waals surface area contributed by atoms with E-state index in [4.69, 9.17) is 0 Å². The van der Waals surface area contributed by atoms with Crippen LogP contribution in [0.15, 0.2) is 65.7 Å². The predicted molar refractivity (Wildman–Crippen MR) is 99.6 cm³/mol. The van der Waals surface area contributed by atoms with Crippen molar-refractivity contribution in [1.29, 1.82) is 0 Å². The third kappa shape index (κ3) is 3.14. The van der Waals surface area contributed by atoms with Crippen molar-refractivity contribution in [3.05, 3.63) is 77.1 Å². The third-order valence-corrected chi connectivity index (χ3v) is 4.95. The van der Waals surface area contributed by atoms with E-state index in [1.54, 1.807) is 23.5 Å². The first-order chi connectivity index (χ1) is 12.1. The highest BCUT2D eigenvalue weighted by Gasteiger charge is 2.07. The minimum atomic E-state index is -0.948. The molecule has 0 saturated carbocycles. The summed E-state index contributed by atoms with van der Waals surface area (Å²) in [5.41, 5.74) is 3.66. The van der Waals surface area contributed by atoms with E-state index in [1.807, 2.05) is 49.4 Å². The normalized spacial score (nSPS) is 12.0. The minimum Gasteiger partial charge on any atom is -0.478 e. The fourth-order valence-corrected chi connectivity index (χ4v) is 3.73. The van der Waals surface area contributed by atoms with Gasteiger partial charge in [-0.3, -0.25) is 0 Å². The molecule has 2 aliphatic rings. The van der Waals surface area contributed by atoms with Gasteiger partial charge in [0.2, 0.25) is 0 Å². The second-order valence-corrected chi connectivity index (χ2v) is 6.89. The van der Waals surface area contributed by atoms with Crippen LogP contribution in [0.4, 0.5) is 5.69 Å². The molecule has 1 N–H and O–H groups in total. The average Bonchev–Trinajstić information content (AvgIpc) is 2.59. The van der Waals surface area contributed by atoms with Crippen molar-refractivity contribution in [1.82, 2.24) is 4.98 Å². The quantitative estimate of drug-likeness (QED) is 0.538. The number of nitrogens with zero attached hydrogens (tertiary/aromatic N) is 2. The Balaban J connectivity index is 1.87. The first-order valence-electron chi connectivity index (χ1n) is 7.78. The first kappa shape index (κ1) is 15.5. The van der Waals surface area contributed by atoms with Crippen LogP contribution in [0.2, 0.25) is 0 Å². The summed E-state index contributed by atoms with van der Waals surface area (Å²) in [4.78, 5) is 21.5. The maximum atomic E-state index is 11.2. The molecule has 0 amide bonds. The molecule has 5 heteroatoms. The molecule has 25 heavy (non-hydrogen) atoms.